The van der Waals surface area contributed by atoms with Crippen molar-refractivity contribution >= 4 is 23.2 Å². The van der Waals surface area contributed by atoms with E-state index in [1.165, 1.54) is 7.11 Å². The van der Waals surface area contributed by atoms with Crippen molar-refractivity contribution < 1.29 is 9.53 Å². The summed E-state index contributed by atoms with van der Waals surface area (Å²) in [6.07, 6.45) is 4.18. The van der Waals surface area contributed by atoms with Crippen molar-refractivity contribution in [3.63, 3.8) is 0 Å². The number of amides is 1. The van der Waals surface area contributed by atoms with Crippen molar-refractivity contribution in [3.8, 4) is 11.8 Å². The van der Waals surface area contributed by atoms with E-state index < -0.39 is 5.41 Å². The van der Waals surface area contributed by atoms with Crippen LogP contribution in [0.4, 0.5) is 5.69 Å². The summed E-state index contributed by atoms with van der Waals surface area (Å²) in [5.74, 6) is 0.267. The first-order valence-corrected chi connectivity index (χ1v) is 7.05. The quantitative estimate of drug-likeness (QED) is 0.922. The number of carbonyl (C=O) groups excluding carboxylic acids is 1. The number of benzene rings is 1. The van der Waals surface area contributed by atoms with Crippen molar-refractivity contribution in [1.82, 2.24) is 0 Å². The molecule has 1 aromatic carbocycles. The number of ether oxygens (including phenoxy) is 1. The van der Waals surface area contributed by atoms with Crippen LogP contribution in [0.25, 0.3) is 0 Å². The van der Waals surface area contributed by atoms with Gasteiger partial charge < -0.3 is 10.1 Å². The van der Waals surface area contributed by atoms with E-state index in [0.29, 0.717) is 29.3 Å². The molecule has 1 N–H and O–H groups in total. The molecule has 1 saturated carbocycles. The molecule has 0 heterocycles. The number of nitriles is 1. The molecule has 0 atom stereocenters. The second-order valence-electron chi connectivity index (χ2n) is 5.06. The van der Waals surface area contributed by atoms with Crippen molar-refractivity contribution in [3.05, 3.63) is 23.2 Å². The molecule has 0 aromatic heterocycles. The standard InChI is InChI=1S/C15H17ClN2O2/c1-20-13-9-11(5-6-12(13)16)18-14(19)15(10-17)7-3-2-4-8-15/h5-6,9H,2-4,7-8H2,1H3,(H,18,19). The van der Waals surface area contributed by atoms with E-state index in [-0.39, 0.29) is 5.91 Å². The molecule has 0 unspecified atom stereocenters. The lowest BCUT2D eigenvalue weighted by Gasteiger charge is -2.29. The highest BCUT2D eigenvalue weighted by Gasteiger charge is 2.39. The molecule has 20 heavy (non-hydrogen) atoms. The minimum atomic E-state index is -0.898. The molecule has 1 amide bonds. The smallest absolute Gasteiger partial charge is 0.244 e. The minimum absolute atomic E-state index is 0.232. The number of nitrogens with one attached hydrogen (secondary N) is 1. The summed E-state index contributed by atoms with van der Waals surface area (Å²) in [5.41, 5.74) is -0.304. The summed E-state index contributed by atoms with van der Waals surface area (Å²) in [6, 6.07) is 7.24. The van der Waals surface area contributed by atoms with E-state index in [1.54, 1.807) is 18.2 Å². The zero-order valence-electron chi connectivity index (χ0n) is 11.4. The average molecular weight is 293 g/mol. The molecule has 0 spiro atoms. The largest absolute Gasteiger partial charge is 0.495 e. The van der Waals surface area contributed by atoms with Gasteiger partial charge in [0.05, 0.1) is 18.2 Å². The van der Waals surface area contributed by atoms with E-state index in [4.69, 9.17) is 16.3 Å². The normalized spacial score (nSPS) is 17.1. The van der Waals surface area contributed by atoms with Gasteiger partial charge in [0.25, 0.3) is 0 Å². The molecule has 0 radical (unpaired) electrons. The molecule has 1 aromatic rings. The Balaban J connectivity index is 2.16. The summed E-state index contributed by atoms with van der Waals surface area (Å²) < 4.78 is 5.12. The number of rotatable bonds is 3. The van der Waals surface area contributed by atoms with Crippen LogP contribution in [0.15, 0.2) is 18.2 Å². The summed E-state index contributed by atoms with van der Waals surface area (Å²) >= 11 is 5.95. The highest BCUT2D eigenvalue weighted by molar-refractivity contribution is 6.32. The third-order valence-corrected chi connectivity index (χ3v) is 4.08. The minimum Gasteiger partial charge on any atom is -0.495 e. The Morgan fingerprint density at radius 1 is 1.40 bits per heavy atom. The van der Waals surface area contributed by atoms with Crippen molar-refractivity contribution in [1.29, 1.82) is 5.26 Å². The topological polar surface area (TPSA) is 62.1 Å². The molecule has 4 nitrogen and oxygen atoms in total. The van der Waals surface area contributed by atoms with Gasteiger partial charge in [-0.05, 0) is 25.0 Å². The van der Waals surface area contributed by atoms with Crippen LogP contribution < -0.4 is 10.1 Å². The number of hydrogen-bond donors (Lipinski definition) is 1. The number of carbonyl (C=O) groups is 1. The van der Waals surface area contributed by atoms with Gasteiger partial charge in [0.1, 0.15) is 11.2 Å². The van der Waals surface area contributed by atoms with E-state index in [2.05, 4.69) is 11.4 Å². The number of halogens is 1. The molecule has 1 aliphatic carbocycles. The number of methoxy groups -OCH3 is 1. The molecule has 0 aliphatic heterocycles. The zero-order chi connectivity index (χ0) is 14.6. The van der Waals surface area contributed by atoms with Gasteiger partial charge in [0.2, 0.25) is 5.91 Å². The monoisotopic (exact) mass is 292 g/mol. The van der Waals surface area contributed by atoms with Gasteiger partial charge in [-0.15, -0.1) is 0 Å². The van der Waals surface area contributed by atoms with E-state index in [9.17, 15) is 10.1 Å². The predicted molar refractivity (Wildman–Crippen MR) is 77.8 cm³/mol. The molecular formula is C15H17ClN2O2. The maximum atomic E-state index is 12.4. The van der Waals surface area contributed by atoms with Crippen LogP contribution >= 0.6 is 11.6 Å². The number of hydrogen-bond acceptors (Lipinski definition) is 3. The van der Waals surface area contributed by atoms with Crippen molar-refractivity contribution in [2.75, 3.05) is 12.4 Å². The van der Waals surface area contributed by atoms with E-state index >= 15 is 0 Å². The lowest BCUT2D eigenvalue weighted by atomic mass is 9.74. The second kappa shape index (κ2) is 6.15. The Kier molecular flexibility index (Phi) is 4.51. The first-order chi connectivity index (χ1) is 9.61. The van der Waals surface area contributed by atoms with E-state index in [0.717, 1.165) is 19.3 Å². The van der Waals surface area contributed by atoms with Gasteiger partial charge in [-0.2, -0.15) is 5.26 Å². The van der Waals surface area contributed by atoms with Crippen LogP contribution in [0.5, 0.6) is 5.75 Å². The van der Waals surface area contributed by atoms with Crippen molar-refractivity contribution in [2.24, 2.45) is 5.41 Å². The molecule has 1 fully saturated rings. The van der Waals surface area contributed by atoms with Crippen LogP contribution in [0.1, 0.15) is 32.1 Å². The number of anilines is 1. The van der Waals surface area contributed by atoms with Gasteiger partial charge in [0.15, 0.2) is 0 Å². The van der Waals surface area contributed by atoms with Crippen LogP contribution in [-0.4, -0.2) is 13.0 Å². The predicted octanol–water partition coefficient (Wildman–Crippen LogP) is 3.76. The maximum Gasteiger partial charge on any atom is 0.244 e. The van der Waals surface area contributed by atoms with E-state index in [1.807, 2.05) is 0 Å². The molecule has 2 rings (SSSR count). The van der Waals surface area contributed by atoms with Crippen LogP contribution in [0.3, 0.4) is 0 Å². The molecule has 0 saturated heterocycles. The first-order valence-electron chi connectivity index (χ1n) is 6.67. The Bertz CT molecular complexity index is 545. The zero-order valence-corrected chi connectivity index (χ0v) is 12.2. The van der Waals surface area contributed by atoms with Gasteiger partial charge >= 0.3 is 0 Å². The first kappa shape index (κ1) is 14.7. The Labute approximate surface area is 123 Å². The fourth-order valence-corrected chi connectivity index (χ4v) is 2.73. The third-order valence-electron chi connectivity index (χ3n) is 3.76. The van der Waals surface area contributed by atoms with Gasteiger partial charge in [-0.1, -0.05) is 30.9 Å². The molecular weight excluding hydrogens is 276 g/mol. The molecule has 1 aliphatic rings. The van der Waals surface area contributed by atoms with Gasteiger partial charge in [-0.3, -0.25) is 4.79 Å². The fraction of sp³-hybridized carbons (Fsp3) is 0.467. The highest BCUT2D eigenvalue weighted by atomic mass is 35.5. The van der Waals surface area contributed by atoms with Crippen molar-refractivity contribution in [2.45, 2.75) is 32.1 Å². The lowest BCUT2D eigenvalue weighted by Crippen LogP contribution is -2.36. The molecule has 0 bridgehead atoms. The summed E-state index contributed by atoms with van der Waals surface area (Å²) in [7, 11) is 1.52. The maximum absolute atomic E-state index is 12.4. The Hall–Kier alpha value is -1.73. The summed E-state index contributed by atoms with van der Waals surface area (Å²) in [5, 5.41) is 12.7. The molecule has 5 heteroatoms. The second-order valence-corrected chi connectivity index (χ2v) is 5.47. The highest BCUT2D eigenvalue weighted by Crippen LogP contribution is 2.37. The van der Waals surface area contributed by atoms with Gasteiger partial charge in [-0.25, -0.2) is 0 Å². The number of nitrogens with zero attached hydrogens (tertiary/aromatic N) is 1. The van der Waals surface area contributed by atoms with Crippen LogP contribution in [0.2, 0.25) is 5.02 Å². The Morgan fingerprint density at radius 3 is 2.70 bits per heavy atom. The summed E-state index contributed by atoms with van der Waals surface area (Å²) in [6.45, 7) is 0. The average Bonchev–Trinajstić information content (AvgIpc) is 2.49. The third kappa shape index (κ3) is 2.88. The fourth-order valence-electron chi connectivity index (χ4n) is 2.53. The van der Waals surface area contributed by atoms with Crippen LogP contribution in [-0.2, 0) is 4.79 Å². The molecule has 106 valence electrons. The SMILES string of the molecule is COc1cc(NC(=O)C2(C#N)CCCCC2)ccc1Cl. The van der Waals surface area contributed by atoms with Gasteiger partial charge in [0, 0.05) is 11.8 Å². The summed E-state index contributed by atoms with van der Waals surface area (Å²) in [4.78, 5) is 12.4. The van der Waals surface area contributed by atoms with Crippen LogP contribution in [0, 0.1) is 16.7 Å². The lowest BCUT2D eigenvalue weighted by molar-refractivity contribution is -0.124. The Morgan fingerprint density at radius 2 is 2.10 bits per heavy atom.